The maximum atomic E-state index is 13.4. The molecule has 0 aliphatic carbocycles. The quantitative estimate of drug-likeness (QED) is 0.482. The number of hydrogen-bond donors (Lipinski definition) is 1. The van der Waals surface area contributed by atoms with E-state index in [9.17, 15) is 14.0 Å². The molecule has 7 heteroatoms. The predicted octanol–water partition coefficient (Wildman–Crippen LogP) is 3.73. The molecule has 1 N–H and O–H groups in total. The largest absolute Gasteiger partial charge is 0.481 e. The highest BCUT2D eigenvalue weighted by atomic mass is 32.1. The zero-order chi connectivity index (χ0) is 18.2. The normalized spacial score (nSPS) is 10.0. The third-order valence-corrected chi connectivity index (χ3v) is 4.14. The van der Waals surface area contributed by atoms with E-state index in [0.717, 1.165) is 11.3 Å². The van der Waals surface area contributed by atoms with Crippen molar-refractivity contribution in [3.8, 4) is 22.4 Å². The molecule has 130 valence electrons. The number of aliphatic carboxylic acids is 1. The smallest absolute Gasteiger partial charge is 0.351 e. The summed E-state index contributed by atoms with van der Waals surface area (Å²) in [6.45, 7) is 1.92. The van der Waals surface area contributed by atoms with Gasteiger partial charge in [-0.1, -0.05) is 18.1 Å². The molecule has 0 fully saturated rings. The monoisotopic (exact) mass is 361 g/mol. The Bertz CT molecular complexity index is 835. The number of rotatable bonds is 6. The van der Waals surface area contributed by atoms with Crippen molar-refractivity contribution >= 4 is 23.3 Å². The third-order valence-electron chi connectivity index (χ3n) is 3.06. The Balaban J connectivity index is 2.28. The first-order valence-electron chi connectivity index (χ1n) is 7.65. The maximum absolute atomic E-state index is 13.4. The van der Waals surface area contributed by atoms with Crippen LogP contribution >= 0.6 is 11.3 Å². The Hall–Kier alpha value is -2.72. The maximum Gasteiger partial charge on any atom is 0.351 e. The van der Waals surface area contributed by atoms with Gasteiger partial charge in [0.25, 0.3) is 0 Å². The fraction of sp³-hybridized carbons (Fsp3) is 0.278. The SMILES string of the molecule is CCOC(=O)c1sc(-c2cccc(F)c2)nc1C#CCCCC(=O)O. The van der Waals surface area contributed by atoms with Crippen molar-refractivity contribution in [2.24, 2.45) is 0 Å². The van der Waals surface area contributed by atoms with Crippen molar-refractivity contribution in [1.29, 1.82) is 0 Å². The second-order valence-corrected chi connectivity index (χ2v) is 5.98. The summed E-state index contributed by atoms with van der Waals surface area (Å²) >= 11 is 1.09. The van der Waals surface area contributed by atoms with Gasteiger partial charge in [0.15, 0.2) is 0 Å². The first-order valence-corrected chi connectivity index (χ1v) is 8.47. The van der Waals surface area contributed by atoms with E-state index in [0.29, 0.717) is 23.4 Å². The van der Waals surface area contributed by atoms with E-state index in [-0.39, 0.29) is 23.6 Å². The van der Waals surface area contributed by atoms with Crippen LogP contribution in [0.5, 0.6) is 0 Å². The second-order valence-electron chi connectivity index (χ2n) is 4.98. The third kappa shape index (κ3) is 5.40. The van der Waals surface area contributed by atoms with Gasteiger partial charge in [0, 0.05) is 18.4 Å². The lowest BCUT2D eigenvalue weighted by Crippen LogP contribution is -2.04. The molecule has 1 heterocycles. The lowest BCUT2D eigenvalue weighted by atomic mass is 10.2. The molecule has 2 rings (SSSR count). The lowest BCUT2D eigenvalue weighted by molar-refractivity contribution is -0.137. The van der Waals surface area contributed by atoms with Crippen LogP contribution in [0.2, 0.25) is 0 Å². The molecule has 0 saturated carbocycles. The summed E-state index contributed by atoms with van der Waals surface area (Å²) < 4.78 is 18.4. The number of carbonyl (C=O) groups excluding carboxylic acids is 1. The molecule has 0 radical (unpaired) electrons. The van der Waals surface area contributed by atoms with Gasteiger partial charge in [0.1, 0.15) is 21.4 Å². The molecule has 0 atom stereocenters. The topological polar surface area (TPSA) is 76.5 Å². The minimum absolute atomic E-state index is 0.0328. The fourth-order valence-electron chi connectivity index (χ4n) is 1.96. The summed E-state index contributed by atoms with van der Waals surface area (Å²) in [6, 6.07) is 5.92. The van der Waals surface area contributed by atoms with Gasteiger partial charge in [0.2, 0.25) is 0 Å². The van der Waals surface area contributed by atoms with Crippen molar-refractivity contribution in [1.82, 2.24) is 4.98 Å². The first kappa shape index (κ1) is 18.6. The molecule has 0 unspecified atom stereocenters. The molecule has 1 aromatic heterocycles. The number of benzene rings is 1. The summed E-state index contributed by atoms with van der Waals surface area (Å²) in [5, 5.41) is 9.08. The highest BCUT2D eigenvalue weighted by molar-refractivity contribution is 7.17. The summed E-state index contributed by atoms with van der Waals surface area (Å²) in [7, 11) is 0. The van der Waals surface area contributed by atoms with Crippen LogP contribution in [-0.4, -0.2) is 28.6 Å². The van der Waals surface area contributed by atoms with E-state index in [1.165, 1.54) is 12.1 Å². The van der Waals surface area contributed by atoms with Crippen molar-refractivity contribution in [3.05, 3.63) is 40.7 Å². The first-order chi connectivity index (χ1) is 12.0. The number of carboxylic acids is 1. The number of thiazole rings is 1. The molecular formula is C18H16FNO4S. The Labute approximate surface area is 148 Å². The number of carbonyl (C=O) groups is 2. The van der Waals surface area contributed by atoms with Gasteiger partial charge in [0.05, 0.1) is 6.61 Å². The molecule has 1 aromatic carbocycles. The minimum Gasteiger partial charge on any atom is -0.481 e. The summed E-state index contributed by atoms with van der Waals surface area (Å²) in [5.74, 6) is 3.81. The van der Waals surface area contributed by atoms with Crippen LogP contribution in [0, 0.1) is 17.7 Å². The van der Waals surface area contributed by atoms with Gasteiger partial charge in [-0.15, -0.1) is 11.3 Å². The van der Waals surface area contributed by atoms with Crippen molar-refractivity contribution in [2.45, 2.75) is 26.2 Å². The fourth-order valence-corrected chi connectivity index (χ4v) is 2.87. The number of halogens is 1. The van der Waals surface area contributed by atoms with Crippen LogP contribution < -0.4 is 0 Å². The Kier molecular flexibility index (Phi) is 6.66. The molecule has 2 aromatic rings. The van der Waals surface area contributed by atoms with E-state index in [4.69, 9.17) is 9.84 Å². The van der Waals surface area contributed by atoms with E-state index < -0.39 is 17.8 Å². The van der Waals surface area contributed by atoms with E-state index in [1.54, 1.807) is 19.1 Å². The van der Waals surface area contributed by atoms with E-state index in [2.05, 4.69) is 16.8 Å². The number of nitrogens with zero attached hydrogens (tertiary/aromatic N) is 1. The Morgan fingerprint density at radius 2 is 2.20 bits per heavy atom. The van der Waals surface area contributed by atoms with Gasteiger partial charge >= 0.3 is 11.9 Å². The molecule has 0 saturated heterocycles. The highest BCUT2D eigenvalue weighted by Gasteiger charge is 2.19. The zero-order valence-electron chi connectivity index (χ0n) is 13.5. The molecule has 0 aliphatic heterocycles. The summed E-state index contributed by atoms with van der Waals surface area (Å²) in [4.78, 5) is 27.1. The van der Waals surface area contributed by atoms with Gasteiger partial charge in [-0.25, -0.2) is 14.2 Å². The molecule has 0 aliphatic rings. The van der Waals surface area contributed by atoms with Crippen LogP contribution in [0.1, 0.15) is 41.6 Å². The Morgan fingerprint density at radius 1 is 1.40 bits per heavy atom. The van der Waals surface area contributed by atoms with Crippen molar-refractivity contribution in [2.75, 3.05) is 6.61 Å². The molecule has 5 nitrogen and oxygen atoms in total. The van der Waals surface area contributed by atoms with Crippen LogP contribution in [0.4, 0.5) is 4.39 Å². The van der Waals surface area contributed by atoms with Crippen molar-refractivity contribution in [3.63, 3.8) is 0 Å². The number of aromatic nitrogens is 1. The van der Waals surface area contributed by atoms with Crippen LogP contribution in [0.15, 0.2) is 24.3 Å². The van der Waals surface area contributed by atoms with E-state index in [1.807, 2.05) is 0 Å². The van der Waals surface area contributed by atoms with E-state index >= 15 is 0 Å². The number of ether oxygens (including phenoxy) is 1. The molecule has 0 amide bonds. The summed E-state index contributed by atoms with van der Waals surface area (Å²) in [5.41, 5.74) is 0.813. The molecular weight excluding hydrogens is 345 g/mol. The molecule has 25 heavy (non-hydrogen) atoms. The van der Waals surface area contributed by atoms with Crippen molar-refractivity contribution < 1.29 is 23.8 Å². The number of hydrogen-bond acceptors (Lipinski definition) is 5. The molecule has 0 spiro atoms. The van der Waals surface area contributed by atoms with Crippen LogP contribution in [0.3, 0.4) is 0 Å². The number of unbranched alkanes of at least 4 members (excludes halogenated alkanes) is 1. The predicted molar refractivity (Wildman–Crippen MR) is 91.8 cm³/mol. The van der Waals surface area contributed by atoms with Gasteiger partial charge in [-0.05, 0) is 31.4 Å². The van der Waals surface area contributed by atoms with Gasteiger partial charge in [-0.3, -0.25) is 4.79 Å². The zero-order valence-corrected chi connectivity index (χ0v) is 14.4. The average molecular weight is 361 g/mol. The minimum atomic E-state index is -0.879. The lowest BCUT2D eigenvalue weighted by Gasteiger charge is -1.97. The van der Waals surface area contributed by atoms with Crippen LogP contribution in [0.25, 0.3) is 10.6 Å². The Morgan fingerprint density at radius 3 is 2.88 bits per heavy atom. The standard InChI is InChI=1S/C18H16FNO4S/c1-2-24-18(23)16-14(9-4-3-5-10-15(21)22)20-17(25-16)12-7-6-8-13(19)11-12/h6-8,11H,2-3,5,10H2,1H3,(H,21,22). The number of carboxylic acid groups (broad SMARTS) is 1. The second kappa shape index (κ2) is 8.94. The summed E-state index contributed by atoms with van der Waals surface area (Å²) in [6.07, 6.45) is 0.824. The van der Waals surface area contributed by atoms with Gasteiger partial charge in [-0.2, -0.15) is 0 Å². The van der Waals surface area contributed by atoms with Crippen LogP contribution in [-0.2, 0) is 9.53 Å². The molecule has 0 bridgehead atoms. The number of esters is 1. The van der Waals surface area contributed by atoms with Gasteiger partial charge < -0.3 is 9.84 Å². The highest BCUT2D eigenvalue weighted by Crippen LogP contribution is 2.29. The average Bonchev–Trinajstić information content (AvgIpc) is 2.99.